The fourth-order valence-corrected chi connectivity index (χ4v) is 3.21. The summed E-state index contributed by atoms with van der Waals surface area (Å²) in [5.41, 5.74) is 1.71. The molecule has 1 fully saturated rings. The van der Waals surface area contributed by atoms with Gasteiger partial charge in [-0.15, -0.1) is 0 Å². The quantitative estimate of drug-likeness (QED) is 0.783. The minimum absolute atomic E-state index is 0.0783. The Morgan fingerprint density at radius 3 is 2.56 bits per heavy atom. The van der Waals surface area contributed by atoms with E-state index in [-0.39, 0.29) is 5.91 Å². The fraction of sp³-hybridized carbons (Fsp3) is 0.368. The highest BCUT2D eigenvalue weighted by atomic mass is 79.9. The molecule has 1 aromatic carbocycles. The molecule has 132 valence electrons. The molecule has 2 aromatic rings. The Balaban J connectivity index is 1.63. The van der Waals surface area contributed by atoms with Crippen molar-refractivity contribution in [2.75, 3.05) is 37.7 Å². The molecule has 0 bridgehead atoms. The third-order valence-corrected chi connectivity index (χ3v) is 4.79. The number of amides is 1. The number of nitrogens with zero attached hydrogens (tertiary/aromatic N) is 3. The van der Waals surface area contributed by atoms with Gasteiger partial charge in [0.25, 0.3) is 5.91 Å². The van der Waals surface area contributed by atoms with Crippen LogP contribution in [0.25, 0.3) is 0 Å². The Morgan fingerprint density at radius 1 is 1.20 bits per heavy atom. The number of benzene rings is 1. The molecule has 2 heterocycles. The van der Waals surface area contributed by atoms with Crippen molar-refractivity contribution in [3.63, 3.8) is 0 Å². The summed E-state index contributed by atoms with van der Waals surface area (Å²) in [6.45, 7) is 7.52. The van der Waals surface area contributed by atoms with E-state index in [1.54, 1.807) is 6.20 Å². The Kier molecular flexibility index (Phi) is 5.58. The highest BCUT2D eigenvalue weighted by Crippen LogP contribution is 2.21. The van der Waals surface area contributed by atoms with Crippen molar-refractivity contribution < 1.29 is 9.53 Å². The highest BCUT2D eigenvalue weighted by Gasteiger charge is 2.23. The summed E-state index contributed by atoms with van der Waals surface area (Å²) in [5.74, 6) is 1.87. The van der Waals surface area contributed by atoms with Gasteiger partial charge in [0, 0.05) is 42.4 Å². The average Bonchev–Trinajstić information content (AvgIpc) is 2.64. The van der Waals surface area contributed by atoms with Crippen molar-refractivity contribution in [2.24, 2.45) is 0 Å². The largest absolute Gasteiger partial charge is 0.494 e. The number of aryl methyl sites for hydroxylation is 1. The standard InChI is InChI=1S/C19H22BrN3O2/c1-3-25-17-6-4-15(12-14(17)2)19(24)23-10-8-22(9-11-23)18-7-5-16(20)13-21-18/h4-7,12-13H,3,8-11H2,1-2H3. The second-order valence-electron chi connectivity index (χ2n) is 6.03. The maximum atomic E-state index is 12.8. The number of piperazine rings is 1. The van der Waals surface area contributed by atoms with Gasteiger partial charge < -0.3 is 14.5 Å². The molecule has 1 aliphatic heterocycles. The number of hydrogen-bond donors (Lipinski definition) is 0. The lowest BCUT2D eigenvalue weighted by atomic mass is 10.1. The van der Waals surface area contributed by atoms with Crippen molar-refractivity contribution in [3.05, 3.63) is 52.1 Å². The van der Waals surface area contributed by atoms with Crippen molar-refractivity contribution in [1.82, 2.24) is 9.88 Å². The zero-order valence-corrected chi connectivity index (χ0v) is 16.1. The molecular formula is C19H22BrN3O2. The number of ether oxygens (including phenoxy) is 1. The second-order valence-corrected chi connectivity index (χ2v) is 6.94. The maximum absolute atomic E-state index is 12.8. The first-order valence-corrected chi connectivity index (χ1v) is 9.27. The van der Waals surface area contributed by atoms with Crippen LogP contribution in [0.5, 0.6) is 5.75 Å². The summed E-state index contributed by atoms with van der Waals surface area (Å²) in [7, 11) is 0. The summed E-state index contributed by atoms with van der Waals surface area (Å²) in [6.07, 6.45) is 1.80. The van der Waals surface area contributed by atoms with E-state index >= 15 is 0 Å². The lowest BCUT2D eigenvalue weighted by molar-refractivity contribution is 0.0746. The lowest BCUT2D eigenvalue weighted by Crippen LogP contribution is -2.49. The first-order valence-electron chi connectivity index (χ1n) is 8.47. The predicted octanol–water partition coefficient (Wildman–Crippen LogP) is 3.51. The van der Waals surface area contributed by atoms with Crippen LogP contribution in [0.4, 0.5) is 5.82 Å². The normalized spacial score (nSPS) is 14.5. The van der Waals surface area contributed by atoms with Crippen LogP contribution < -0.4 is 9.64 Å². The SMILES string of the molecule is CCOc1ccc(C(=O)N2CCN(c3ccc(Br)cn3)CC2)cc1C. The highest BCUT2D eigenvalue weighted by molar-refractivity contribution is 9.10. The molecule has 0 unspecified atom stereocenters. The smallest absolute Gasteiger partial charge is 0.253 e. The van der Waals surface area contributed by atoms with Crippen LogP contribution >= 0.6 is 15.9 Å². The van der Waals surface area contributed by atoms with Gasteiger partial charge in [-0.2, -0.15) is 0 Å². The van der Waals surface area contributed by atoms with Crippen LogP contribution in [0.2, 0.25) is 0 Å². The molecule has 6 heteroatoms. The zero-order chi connectivity index (χ0) is 17.8. The molecule has 5 nitrogen and oxygen atoms in total. The van der Waals surface area contributed by atoms with Gasteiger partial charge in [-0.1, -0.05) is 0 Å². The Bertz CT molecular complexity index is 741. The van der Waals surface area contributed by atoms with Gasteiger partial charge in [0.2, 0.25) is 0 Å². The van der Waals surface area contributed by atoms with Crippen molar-refractivity contribution >= 4 is 27.7 Å². The molecule has 0 aliphatic carbocycles. The van der Waals surface area contributed by atoms with Gasteiger partial charge in [0.15, 0.2) is 0 Å². The third-order valence-electron chi connectivity index (χ3n) is 4.32. The van der Waals surface area contributed by atoms with Crippen molar-refractivity contribution in [2.45, 2.75) is 13.8 Å². The van der Waals surface area contributed by atoms with Crippen LogP contribution in [-0.4, -0.2) is 48.6 Å². The van der Waals surface area contributed by atoms with Gasteiger partial charge in [-0.05, 0) is 65.7 Å². The minimum atomic E-state index is 0.0783. The van der Waals surface area contributed by atoms with E-state index in [4.69, 9.17) is 4.74 Å². The fourth-order valence-electron chi connectivity index (χ4n) is 2.98. The summed E-state index contributed by atoms with van der Waals surface area (Å²) >= 11 is 3.40. The van der Waals surface area contributed by atoms with Crippen LogP contribution in [0.3, 0.4) is 0 Å². The average molecular weight is 404 g/mol. The zero-order valence-electron chi connectivity index (χ0n) is 14.5. The molecule has 1 aliphatic rings. The molecule has 1 amide bonds. The van der Waals surface area contributed by atoms with Crippen molar-refractivity contribution in [1.29, 1.82) is 0 Å². The monoisotopic (exact) mass is 403 g/mol. The van der Waals surface area contributed by atoms with E-state index in [9.17, 15) is 4.79 Å². The Morgan fingerprint density at radius 2 is 1.96 bits per heavy atom. The van der Waals surface area contributed by atoms with E-state index in [0.717, 1.165) is 40.3 Å². The number of rotatable bonds is 4. The number of pyridine rings is 1. The molecule has 0 radical (unpaired) electrons. The molecule has 3 rings (SSSR count). The van der Waals surface area contributed by atoms with E-state index in [0.29, 0.717) is 19.7 Å². The van der Waals surface area contributed by atoms with Crippen LogP contribution in [0, 0.1) is 6.92 Å². The third kappa shape index (κ3) is 4.12. The lowest BCUT2D eigenvalue weighted by Gasteiger charge is -2.35. The molecule has 1 saturated heterocycles. The Hall–Kier alpha value is -2.08. The van der Waals surface area contributed by atoms with E-state index in [1.807, 2.05) is 49.1 Å². The molecule has 0 saturated carbocycles. The first-order chi connectivity index (χ1) is 12.1. The molecule has 0 spiro atoms. The summed E-state index contributed by atoms with van der Waals surface area (Å²) in [5, 5.41) is 0. The number of carbonyl (C=O) groups excluding carboxylic acids is 1. The van der Waals surface area contributed by atoms with Crippen LogP contribution in [-0.2, 0) is 0 Å². The van der Waals surface area contributed by atoms with Gasteiger partial charge in [-0.25, -0.2) is 4.98 Å². The van der Waals surface area contributed by atoms with Gasteiger partial charge >= 0.3 is 0 Å². The van der Waals surface area contributed by atoms with Gasteiger partial charge in [-0.3, -0.25) is 4.79 Å². The summed E-state index contributed by atoms with van der Waals surface area (Å²) in [6, 6.07) is 9.63. The topological polar surface area (TPSA) is 45.7 Å². The first kappa shape index (κ1) is 17.7. The minimum Gasteiger partial charge on any atom is -0.494 e. The molecule has 25 heavy (non-hydrogen) atoms. The summed E-state index contributed by atoms with van der Waals surface area (Å²) in [4.78, 5) is 21.3. The van der Waals surface area contributed by atoms with Gasteiger partial charge in [0.05, 0.1) is 6.61 Å². The molecule has 0 N–H and O–H groups in total. The summed E-state index contributed by atoms with van der Waals surface area (Å²) < 4.78 is 6.51. The van der Waals surface area contributed by atoms with Crippen LogP contribution in [0.15, 0.2) is 41.0 Å². The molecular weight excluding hydrogens is 382 g/mol. The number of aromatic nitrogens is 1. The molecule has 1 aromatic heterocycles. The van der Waals surface area contributed by atoms with Crippen molar-refractivity contribution in [3.8, 4) is 5.75 Å². The second kappa shape index (κ2) is 7.87. The number of halogens is 1. The Labute approximate surface area is 156 Å². The van der Waals surface area contributed by atoms with E-state index in [1.165, 1.54) is 0 Å². The maximum Gasteiger partial charge on any atom is 0.253 e. The number of anilines is 1. The van der Waals surface area contributed by atoms with Gasteiger partial charge in [0.1, 0.15) is 11.6 Å². The van der Waals surface area contributed by atoms with Crippen LogP contribution in [0.1, 0.15) is 22.8 Å². The molecule has 0 atom stereocenters. The predicted molar refractivity (Wildman–Crippen MR) is 102 cm³/mol. The van der Waals surface area contributed by atoms with E-state index < -0.39 is 0 Å². The van der Waals surface area contributed by atoms with E-state index in [2.05, 4.69) is 25.8 Å². The number of carbonyl (C=O) groups is 1. The number of hydrogen-bond acceptors (Lipinski definition) is 4.